The zero-order valence-corrected chi connectivity index (χ0v) is 16.0. The van der Waals surface area contributed by atoms with Crippen molar-refractivity contribution in [3.8, 4) is 0 Å². The third-order valence-electron chi connectivity index (χ3n) is 4.03. The van der Waals surface area contributed by atoms with Gasteiger partial charge in [-0.05, 0) is 12.1 Å². The number of para-hydroxylation sites is 2. The van der Waals surface area contributed by atoms with Crippen LogP contribution in [0, 0.1) is 0 Å². The van der Waals surface area contributed by atoms with Crippen LogP contribution >= 0.6 is 0 Å². The van der Waals surface area contributed by atoms with Crippen LogP contribution in [0.2, 0.25) is 0 Å². The number of nitrogens with two attached hydrogens (primary N) is 1. The Balaban J connectivity index is 1.75. The molecule has 3 aromatic rings. The van der Waals surface area contributed by atoms with Crippen LogP contribution in [0.1, 0.15) is 31.4 Å². The highest BCUT2D eigenvalue weighted by atomic mass is 16.1. The molecule has 3 rings (SSSR count). The van der Waals surface area contributed by atoms with Gasteiger partial charge in [0.15, 0.2) is 5.82 Å². The van der Waals surface area contributed by atoms with E-state index in [0.717, 1.165) is 16.9 Å². The van der Waals surface area contributed by atoms with Crippen LogP contribution in [0.5, 0.6) is 0 Å². The van der Waals surface area contributed by atoms with Gasteiger partial charge in [0.1, 0.15) is 12.4 Å². The molecular weight excluding hydrogens is 344 g/mol. The number of rotatable bonds is 6. The Hall–Kier alpha value is -3.23. The number of hydrogen-bond donors (Lipinski definition) is 2. The molecule has 0 unspecified atom stereocenters. The minimum atomic E-state index is -0.148. The maximum absolute atomic E-state index is 12.5. The lowest BCUT2D eigenvalue weighted by atomic mass is 10.2. The van der Waals surface area contributed by atoms with Crippen LogP contribution < -0.4 is 16.0 Å². The maximum Gasteiger partial charge on any atom is 0.240 e. The van der Waals surface area contributed by atoms with E-state index in [-0.39, 0.29) is 30.9 Å². The van der Waals surface area contributed by atoms with Gasteiger partial charge >= 0.3 is 0 Å². The number of imidazole rings is 1. The summed E-state index contributed by atoms with van der Waals surface area (Å²) < 4.78 is 1.95. The molecule has 0 fully saturated rings. The van der Waals surface area contributed by atoms with Gasteiger partial charge < -0.3 is 20.5 Å². The van der Waals surface area contributed by atoms with Crippen molar-refractivity contribution in [3.05, 3.63) is 35.9 Å². The van der Waals surface area contributed by atoms with Crippen molar-refractivity contribution in [2.75, 3.05) is 24.7 Å². The lowest BCUT2D eigenvalue weighted by Gasteiger charge is -2.13. The molecule has 0 atom stereocenters. The fourth-order valence-corrected chi connectivity index (χ4v) is 2.78. The van der Waals surface area contributed by atoms with Crippen molar-refractivity contribution in [1.82, 2.24) is 29.8 Å². The second-order valence-electron chi connectivity index (χ2n) is 6.78. The Labute approximate surface area is 157 Å². The van der Waals surface area contributed by atoms with Crippen molar-refractivity contribution < 1.29 is 4.79 Å². The van der Waals surface area contributed by atoms with Gasteiger partial charge in [0.05, 0.1) is 17.6 Å². The number of nitrogens with one attached hydrogen (secondary N) is 1. The number of carbonyl (C=O) groups is 1. The average molecular weight is 368 g/mol. The van der Waals surface area contributed by atoms with Gasteiger partial charge in [-0.3, -0.25) is 4.79 Å². The number of fused-ring (bicyclic) bond motifs is 1. The summed E-state index contributed by atoms with van der Waals surface area (Å²) in [7, 11) is 3.63. The Morgan fingerprint density at radius 1 is 1.19 bits per heavy atom. The molecule has 0 radical (unpaired) electrons. The number of hydrogen-bond acceptors (Lipinski definition) is 7. The van der Waals surface area contributed by atoms with E-state index < -0.39 is 0 Å². The molecule has 9 nitrogen and oxygen atoms in total. The van der Waals surface area contributed by atoms with E-state index in [1.54, 1.807) is 4.90 Å². The van der Waals surface area contributed by atoms with Crippen LogP contribution in [0.4, 0.5) is 11.9 Å². The minimum absolute atomic E-state index is 0.126. The second kappa shape index (κ2) is 7.56. The molecule has 2 heterocycles. The molecule has 9 heteroatoms. The second-order valence-corrected chi connectivity index (χ2v) is 6.78. The van der Waals surface area contributed by atoms with E-state index in [9.17, 15) is 4.79 Å². The lowest BCUT2D eigenvalue weighted by molar-refractivity contribution is -0.121. The fraction of sp³-hybridized carbons (Fsp3) is 0.389. The summed E-state index contributed by atoms with van der Waals surface area (Å²) in [6.07, 6.45) is 0. The van der Waals surface area contributed by atoms with E-state index >= 15 is 0 Å². The van der Waals surface area contributed by atoms with Gasteiger partial charge in [-0.15, -0.1) is 0 Å². The van der Waals surface area contributed by atoms with E-state index in [4.69, 9.17) is 5.73 Å². The predicted octanol–water partition coefficient (Wildman–Crippen LogP) is 1.31. The molecule has 2 aromatic heterocycles. The topological polar surface area (TPSA) is 115 Å². The molecule has 27 heavy (non-hydrogen) atoms. The number of anilines is 2. The number of nitrogen functional groups attached to an aromatic ring is 1. The molecule has 0 spiro atoms. The molecule has 1 amide bonds. The molecule has 142 valence electrons. The normalized spacial score (nSPS) is 11.1. The predicted molar refractivity (Wildman–Crippen MR) is 104 cm³/mol. The highest BCUT2D eigenvalue weighted by Crippen LogP contribution is 2.21. The Morgan fingerprint density at radius 2 is 1.93 bits per heavy atom. The van der Waals surface area contributed by atoms with E-state index in [1.165, 1.54) is 0 Å². The Bertz CT molecular complexity index is 963. The van der Waals surface area contributed by atoms with E-state index in [0.29, 0.717) is 11.8 Å². The zero-order chi connectivity index (χ0) is 19.6. The highest BCUT2D eigenvalue weighted by molar-refractivity contribution is 5.81. The summed E-state index contributed by atoms with van der Waals surface area (Å²) in [5.41, 5.74) is 7.54. The van der Waals surface area contributed by atoms with Gasteiger partial charge in [-0.2, -0.15) is 15.0 Å². The summed E-state index contributed by atoms with van der Waals surface area (Å²) in [6.45, 7) is 4.48. The summed E-state index contributed by atoms with van der Waals surface area (Å²) in [6, 6.07) is 7.81. The van der Waals surface area contributed by atoms with E-state index in [2.05, 4.69) is 39.1 Å². The molecule has 0 aliphatic carbocycles. The van der Waals surface area contributed by atoms with Gasteiger partial charge in [0.2, 0.25) is 17.8 Å². The van der Waals surface area contributed by atoms with Crippen molar-refractivity contribution in [3.63, 3.8) is 0 Å². The Kier molecular flexibility index (Phi) is 5.20. The van der Waals surface area contributed by atoms with Crippen molar-refractivity contribution >= 4 is 28.8 Å². The molecular formula is C18H24N8O. The fourth-order valence-electron chi connectivity index (χ4n) is 2.78. The van der Waals surface area contributed by atoms with Crippen molar-refractivity contribution in [2.24, 2.45) is 0 Å². The highest BCUT2D eigenvalue weighted by Gasteiger charge is 2.16. The van der Waals surface area contributed by atoms with E-state index in [1.807, 2.05) is 42.9 Å². The third kappa shape index (κ3) is 4.13. The smallest absolute Gasteiger partial charge is 0.240 e. The van der Waals surface area contributed by atoms with Crippen molar-refractivity contribution in [1.29, 1.82) is 0 Å². The molecule has 0 bridgehead atoms. The molecule has 1 aromatic carbocycles. The van der Waals surface area contributed by atoms with Gasteiger partial charge in [-0.1, -0.05) is 26.0 Å². The van der Waals surface area contributed by atoms with Gasteiger partial charge in [0, 0.05) is 20.0 Å². The molecule has 0 saturated heterocycles. The third-order valence-corrected chi connectivity index (χ3v) is 4.03. The monoisotopic (exact) mass is 368 g/mol. The SMILES string of the molecule is CC(C)c1nc2ccccc2n1CC(=O)NCc1nc(N)nc(N(C)C)n1. The van der Waals surface area contributed by atoms with Crippen LogP contribution in [-0.2, 0) is 17.9 Å². The number of benzene rings is 1. The Morgan fingerprint density at radius 3 is 2.63 bits per heavy atom. The standard InChI is InChI=1S/C18H24N8O/c1-11(2)16-21-12-7-5-6-8-13(12)26(16)10-15(27)20-9-14-22-17(19)24-18(23-14)25(3)4/h5-8,11H,9-10H2,1-4H3,(H,20,27)(H2,19,22,23,24). The summed E-state index contributed by atoms with van der Waals surface area (Å²) >= 11 is 0. The number of carbonyl (C=O) groups excluding carboxylic acids is 1. The molecule has 3 N–H and O–H groups in total. The quantitative estimate of drug-likeness (QED) is 0.674. The number of amides is 1. The minimum Gasteiger partial charge on any atom is -0.368 e. The number of nitrogens with zero attached hydrogens (tertiary/aromatic N) is 6. The van der Waals surface area contributed by atoms with Gasteiger partial charge in [-0.25, -0.2) is 4.98 Å². The maximum atomic E-state index is 12.5. The summed E-state index contributed by atoms with van der Waals surface area (Å²) in [4.78, 5) is 31.3. The first-order valence-electron chi connectivity index (χ1n) is 8.74. The molecule has 0 aliphatic rings. The van der Waals surface area contributed by atoms with Crippen LogP contribution in [0.3, 0.4) is 0 Å². The first-order valence-corrected chi connectivity index (χ1v) is 8.74. The summed E-state index contributed by atoms with van der Waals surface area (Å²) in [5.74, 6) is 1.93. The molecule has 0 aliphatic heterocycles. The van der Waals surface area contributed by atoms with Crippen LogP contribution in [-0.4, -0.2) is 44.5 Å². The largest absolute Gasteiger partial charge is 0.368 e. The first-order chi connectivity index (χ1) is 12.8. The average Bonchev–Trinajstić information content (AvgIpc) is 2.98. The van der Waals surface area contributed by atoms with Crippen molar-refractivity contribution in [2.45, 2.75) is 32.9 Å². The van der Waals surface area contributed by atoms with Crippen LogP contribution in [0.25, 0.3) is 11.0 Å². The lowest BCUT2D eigenvalue weighted by Crippen LogP contribution is -2.29. The first kappa shape index (κ1) is 18.6. The number of aromatic nitrogens is 5. The summed E-state index contributed by atoms with van der Waals surface area (Å²) in [5, 5.41) is 2.85. The van der Waals surface area contributed by atoms with Crippen LogP contribution in [0.15, 0.2) is 24.3 Å². The zero-order valence-electron chi connectivity index (χ0n) is 16.0. The van der Waals surface area contributed by atoms with Gasteiger partial charge in [0.25, 0.3) is 0 Å². The molecule has 0 saturated carbocycles.